The van der Waals surface area contributed by atoms with Gasteiger partial charge in [-0.05, 0) is 18.6 Å². The van der Waals surface area contributed by atoms with Gasteiger partial charge in [0.15, 0.2) is 11.5 Å². The summed E-state index contributed by atoms with van der Waals surface area (Å²) >= 11 is 0. The fourth-order valence-electron chi connectivity index (χ4n) is 2.80. The second kappa shape index (κ2) is 8.11. The molecule has 0 bridgehead atoms. The van der Waals surface area contributed by atoms with Crippen molar-refractivity contribution in [3.05, 3.63) is 18.2 Å². The van der Waals surface area contributed by atoms with Crippen molar-refractivity contribution in [2.45, 2.75) is 17.5 Å². The van der Waals surface area contributed by atoms with E-state index in [0.29, 0.717) is 37.7 Å². The van der Waals surface area contributed by atoms with Crippen LogP contribution in [-0.4, -0.2) is 70.7 Å². The number of fused-ring (bicyclic) bond motifs is 1. The second-order valence-electron chi connectivity index (χ2n) is 5.89. The fraction of sp³-hybridized carbons (Fsp3) is 0.500. The van der Waals surface area contributed by atoms with Gasteiger partial charge in [0.2, 0.25) is 10.0 Å². The Bertz CT molecular complexity index is 827. The van der Waals surface area contributed by atoms with Gasteiger partial charge in [0.25, 0.3) is 0 Å². The summed E-state index contributed by atoms with van der Waals surface area (Å²) in [6.07, 6.45) is -0.394. The van der Waals surface area contributed by atoms with Crippen LogP contribution in [0.15, 0.2) is 23.1 Å². The third kappa shape index (κ3) is 4.15. The molecule has 27 heavy (non-hydrogen) atoms. The van der Waals surface area contributed by atoms with Crippen molar-refractivity contribution < 1.29 is 32.2 Å². The van der Waals surface area contributed by atoms with E-state index in [0.717, 1.165) is 0 Å². The lowest BCUT2D eigenvalue weighted by atomic mass is 10.3. The van der Waals surface area contributed by atoms with Gasteiger partial charge in [0.1, 0.15) is 19.4 Å². The summed E-state index contributed by atoms with van der Waals surface area (Å²) in [5.41, 5.74) is 0. The Morgan fingerprint density at radius 3 is 2.63 bits per heavy atom. The fourth-order valence-corrected chi connectivity index (χ4v) is 4.38. The Morgan fingerprint density at radius 2 is 1.89 bits per heavy atom. The molecule has 10 nitrogen and oxygen atoms in total. The van der Waals surface area contributed by atoms with E-state index >= 15 is 0 Å². The van der Waals surface area contributed by atoms with Crippen LogP contribution in [0.4, 0.5) is 0 Å². The number of carbonyl (C=O) groups excluding carboxylic acids is 2. The number of rotatable bonds is 4. The van der Waals surface area contributed by atoms with E-state index in [1.54, 1.807) is 6.07 Å². The SMILES string of the molecule is CNC(=O)C(=O)NC[C@@H]1OCCCN1S(=O)(=O)c1ccc2c(c1)OCCO2. The van der Waals surface area contributed by atoms with Crippen LogP contribution in [0.1, 0.15) is 6.42 Å². The molecular formula is C16H21N3O7S. The summed E-state index contributed by atoms with van der Waals surface area (Å²) in [7, 11) is -2.57. The van der Waals surface area contributed by atoms with E-state index in [2.05, 4.69) is 10.6 Å². The molecule has 11 heteroatoms. The Labute approximate surface area is 156 Å². The molecule has 1 saturated heterocycles. The van der Waals surface area contributed by atoms with E-state index in [1.165, 1.54) is 23.5 Å². The van der Waals surface area contributed by atoms with E-state index in [9.17, 15) is 18.0 Å². The number of likely N-dealkylation sites (N-methyl/N-ethyl adjacent to an activating group) is 1. The zero-order valence-corrected chi connectivity index (χ0v) is 15.6. The summed E-state index contributed by atoms with van der Waals surface area (Å²) < 4.78 is 43.7. The summed E-state index contributed by atoms with van der Waals surface area (Å²) in [5.74, 6) is -0.815. The summed E-state index contributed by atoms with van der Waals surface area (Å²) in [5, 5.41) is 4.58. The number of ether oxygens (including phenoxy) is 3. The number of hydrogen-bond acceptors (Lipinski definition) is 7. The van der Waals surface area contributed by atoms with Gasteiger partial charge in [-0.1, -0.05) is 0 Å². The number of amides is 2. The summed E-state index contributed by atoms with van der Waals surface area (Å²) in [4.78, 5) is 23.0. The molecule has 3 rings (SSSR count). The molecule has 0 saturated carbocycles. The van der Waals surface area contributed by atoms with Crippen LogP contribution in [0.25, 0.3) is 0 Å². The van der Waals surface area contributed by atoms with Gasteiger partial charge in [0.05, 0.1) is 18.0 Å². The Hall–Kier alpha value is -2.37. The van der Waals surface area contributed by atoms with Crippen molar-refractivity contribution in [1.82, 2.24) is 14.9 Å². The summed E-state index contributed by atoms with van der Waals surface area (Å²) in [6.45, 7) is 1.20. The molecule has 1 atom stereocenters. The van der Waals surface area contributed by atoms with Crippen LogP contribution in [0.3, 0.4) is 0 Å². The standard InChI is InChI=1S/C16H21N3O7S/c1-17-15(20)16(21)18-10-14-19(5-2-6-26-14)27(22,23)11-3-4-12-13(9-11)25-8-7-24-12/h3-4,9,14H,2,5-8,10H2,1H3,(H,17,20)(H,18,21)/t14-/m0/s1. The molecule has 2 N–H and O–H groups in total. The quantitative estimate of drug-likeness (QED) is 0.626. The zero-order valence-electron chi connectivity index (χ0n) is 14.8. The lowest BCUT2D eigenvalue weighted by molar-refractivity contribution is -0.139. The molecule has 1 aromatic carbocycles. The molecule has 2 aliphatic heterocycles. The van der Waals surface area contributed by atoms with Gasteiger partial charge in [-0.3, -0.25) is 9.59 Å². The van der Waals surface area contributed by atoms with Crippen molar-refractivity contribution in [3.8, 4) is 11.5 Å². The van der Waals surface area contributed by atoms with Gasteiger partial charge in [-0.25, -0.2) is 8.42 Å². The molecule has 2 aliphatic rings. The monoisotopic (exact) mass is 399 g/mol. The first kappa shape index (κ1) is 19.4. The molecule has 0 aromatic heterocycles. The first-order valence-electron chi connectivity index (χ1n) is 8.46. The molecule has 148 valence electrons. The first-order valence-corrected chi connectivity index (χ1v) is 9.90. The maximum absolute atomic E-state index is 13.1. The van der Waals surface area contributed by atoms with Crippen LogP contribution < -0.4 is 20.1 Å². The van der Waals surface area contributed by atoms with Crippen molar-refractivity contribution in [2.24, 2.45) is 0 Å². The van der Waals surface area contributed by atoms with Crippen LogP contribution in [0.2, 0.25) is 0 Å². The topological polar surface area (TPSA) is 123 Å². The Morgan fingerprint density at radius 1 is 1.15 bits per heavy atom. The predicted molar refractivity (Wildman–Crippen MR) is 92.8 cm³/mol. The van der Waals surface area contributed by atoms with Gasteiger partial charge >= 0.3 is 11.8 Å². The highest BCUT2D eigenvalue weighted by Crippen LogP contribution is 2.33. The molecule has 2 heterocycles. The van der Waals surface area contributed by atoms with Crippen LogP contribution in [0, 0.1) is 0 Å². The highest BCUT2D eigenvalue weighted by molar-refractivity contribution is 7.89. The number of nitrogens with zero attached hydrogens (tertiary/aromatic N) is 1. The van der Waals surface area contributed by atoms with E-state index in [-0.39, 0.29) is 18.0 Å². The number of benzene rings is 1. The van der Waals surface area contributed by atoms with Crippen molar-refractivity contribution in [1.29, 1.82) is 0 Å². The normalized spacial score (nSPS) is 20.0. The van der Waals surface area contributed by atoms with Crippen molar-refractivity contribution in [2.75, 3.05) is 40.0 Å². The minimum absolute atomic E-state index is 0.0416. The van der Waals surface area contributed by atoms with E-state index < -0.39 is 28.1 Å². The lowest BCUT2D eigenvalue weighted by Gasteiger charge is -2.34. The highest BCUT2D eigenvalue weighted by Gasteiger charge is 2.35. The molecule has 1 aromatic rings. The molecule has 0 aliphatic carbocycles. The molecular weight excluding hydrogens is 378 g/mol. The van der Waals surface area contributed by atoms with Crippen molar-refractivity contribution >= 4 is 21.8 Å². The predicted octanol–water partition coefficient (Wildman–Crippen LogP) is -0.943. The number of carbonyl (C=O) groups is 2. The van der Waals surface area contributed by atoms with Crippen molar-refractivity contribution in [3.63, 3.8) is 0 Å². The molecule has 0 unspecified atom stereocenters. The number of hydrogen-bond donors (Lipinski definition) is 2. The van der Waals surface area contributed by atoms with Crippen LogP contribution >= 0.6 is 0 Å². The molecule has 0 spiro atoms. The molecule has 1 fully saturated rings. The Balaban J connectivity index is 1.78. The Kier molecular flexibility index (Phi) is 5.82. The number of sulfonamides is 1. The van der Waals surface area contributed by atoms with Crippen LogP contribution in [-0.2, 0) is 24.3 Å². The maximum Gasteiger partial charge on any atom is 0.309 e. The minimum atomic E-state index is -3.90. The average molecular weight is 399 g/mol. The van der Waals surface area contributed by atoms with Gasteiger partial charge in [0, 0.05) is 19.7 Å². The van der Waals surface area contributed by atoms with Gasteiger partial charge < -0.3 is 24.8 Å². The number of nitrogens with one attached hydrogen (secondary N) is 2. The first-order chi connectivity index (χ1) is 12.9. The van der Waals surface area contributed by atoms with E-state index in [4.69, 9.17) is 14.2 Å². The van der Waals surface area contributed by atoms with Gasteiger partial charge in [-0.2, -0.15) is 4.31 Å². The summed E-state index contributed by atoms with van der Waals surface area (Å²) in [6, 6.07) is 4.41. The minimum Gasteiger partial charge on any atom is -0.486 e. The zero-order chi connectivity index (χ0) is 19.4. The highest BCUT2D eigenvalue weighted by atomic mass is 32.2. The average Bonchev–Trinajstić information content (AvgIpc) is 2.71. The molecule has 2 amide bonds. The maximum atomic E-state index is 13.1. The smallest absolute Gasteiger partial charge is 0.309 e. The second-order valence-corrected chi connectivity index (χ2v) is 7.78. The van der Waals surface area contributed by atoms with E-state index in [1.807, 2.05) is 0 Å². The largest absolute Gasteiger partial charge is 0.486 e. The third-order valence-corrected chi connectivity index (χ3v) is 6.03. The van der Waals surface area contributed by atoms with Gasteiger partial charge in [-0.15, -0.1) is 0 Å². The van der Waals surface area contributed by atoms with Crippen LogP contribution in [0.5, 0.6) is 11.5 Å². The lowest BCUT2D eigenvalue weighted by Crippen LogP contribution is -2.52. The molecule has 0 radical (unpaired) electrons. The third-order valence-electron chi connectivity index (χ3n) is 4.15.